The van der Waals surface area contributed by atoms with Crippen molar-refractivity contribution >= 4 is 6.08 Å². The summed E-state index contributed by atoms with van der Waals surface area (Å²) in [4.78, 5) is 4.18. The Bertz CT molecular complexity index is 473. The Morgan fingerprint density at radius 1 is 1.28 bits per heavy atom. The summed E-state index contributed by atoms with van der Waals surface area (Å²) in [5.74, 6) is 1.13. The Balaban J connectivity index is 2.88. The van der Waals surface area contributed by atoms with Crippen LogP contribution in [-0.4, -0.2) is 19.2 Å². The molecule has 0 aromatic carbocycles. The Morgan fingerprint density at radius 2 is 2.06 bits per heavy atom. The summed E-state index contributed by atoms with van der Waals surface area (Å²) in [5, 5.41) is 0. The van der Waals surface area contributed by atoms with Crippen LogP contribution in [0.4, 0.5) is 0 Å². The number of ether oxygens (including phenoxy) is 2. The Hall–Kier alpha value is -2.03. The molecular formula is C15H19NO2. The third kappa shape index (κ3) is 4.09. The number of pyridine rings is 1. The zero-order chi connectivity index (χ0) is 13.4. The van der Waals surface area contributed by atoms with Gasteiger partial charge in [-0.05, 0) is 25.5 Å². The number of nitrogens with zero attached hydrogens (tertiary/aromatic N) is 1. The van der Waals surface area contributed by atoms with Crippen LogP contribution < -0.4 is 9.47 Å². The Kier molecular flexibility index (Phi) is 5.71. The lowest BCUT2D eigenvalue weighted by Gasteiger charge is -2.06. The lowest BCUT2D eigenvalue weighted by molar-refractivity contribution is 0.343. The van der Waals surface area contributed by atoms with Gasteiger partial charge in [-0.15, -0.1) is 0 Å². The first kappa shape index (κ1) is 14.0. The number of rotatable bonds is 5. The molecule has 0 spiro atoms. The van der Waals surface area contributed by atoms with E-state index in [9.17, 15) is 0 Å². The molecule has 0 saturated heterocycles. The van der Waals surface area contributed by atoms with E-state index in [1.165, 1.54) is 5.57 Å². The van der Waals surface area contributed by atoms with Gasteiger partial charge in [-0.25, -0.2) is 4.98 Å². The molecule has 96 valence electrons. The second-order valence-electron chi connectivity index (χ2n) is 3.75. The van der Waals surface area contributed by atoms with Crippen molar-refractivity contribution in [2.75, 3.05) is 14.2 Å². The van der Waals surface area contributed by atoms with Crippen molar-refractivity contribution in [3.8, 4) is 11.6 Å². The summed E-state index contributed by atoms with van der Waals surface area (Å²) >= 11 is 0. The first-order valence-corrected chi connectivity index (χ1v) is 5.77. The van der Waals surface area contributed by atoms with Gasteiger partial charge in [0.05, 0.1) is 14.2 Å². The fourth-order valence-corrected chi connectivity index (χ4v) is 1.37. The highest BCUT2D eigenvalue weighted by Gasteiger charge is 2.04. The molecule has 1 heterocycles. The van der Waals surface area contributed by atoms with Gasteiger partial charge in [-0.1, -0.05) is 36.0 Å². The fraction of sp³-hybridized carbons (Fsp3) is 0.267. The number of hydrogen-bond donors (Lipinski definition) is 0. The average Bonchev–Trinajstić information content (AvgIpc) is 2.42. The van der Waals surface area contributed by atoms with E-state index < -0.39 is 0 Å². The van der Waals surface area contributed by atoms with Gasteiger partial charge in [0.25, 0.3) is 5.88 Å². The summed E-state index contributed by atoms with van der Waals surface area (Å²) < 4.78 is 10.3. The van der Waals surface area contributed by atoms with Gasteiger partial charge < -0.3 is 9.47 Å². The van der Waals surface area contributed by atoms with Crippen LogP contribution in [-0.2, 0) is 0 Å². The smallest absolute Gasteiger partial charge is 0.256 e. The van der Waals surface area contributed by atoms with Crippen LogP contribution in [0.1, 0.15) is 19.4 Å². The topological polar surface area (TPSA) is 31.4 Å². The van der Waals surface area contributed by atoms with E-state index in [1.807, 2.05) is 50.3 Å². The molecule has 0 saturated carbocycles. The number of aromatic nitrogens is 1. The predicted molar refractivity (Wildman–Crippen MR) is 74.9 cm³/mol. The van der Waals surface area contributed by atoms with Crippen LogP contribution in [0, 0.1) is 0 Å². The molecule has 0 fully saturated rings. The third-order valence-electron chi connectivity index (χ3n) is 2.34. The van der Waals surface area contributed by atoms with E-state index in [1.54, 1.807) is 20.4 Å². The van der Waals surface area contributed by atoms with Crippen LogP contribution in [0.5, 0.6) is 11.6 Å². The largest absolute Gasteiger partial charge is 0.491 e. The molecule has 0 aliphatic rings. The van der Waals surface area contributed by atoms with Crippen molar-refractivity contribution in [3.63, 3.8) is 0 Å². The SMILES string of the molecule is CC=CC=C(C)C=Cc1cnc(OC)c(OC)c1. The number of hydrogen-bond acceptors (Lipinski definition) is 3. The highest BCUT2D eigenvalue weighted by Crippen LogP contribution is 2.25. The van der Waals surface area contributed by atoms with Crippen LogP contribution in [0.3, 0.4) is 0 Å². The van der Waals surface area contributed by atoms with Crippen LogP contribution in [0.25, 0.3) is 6.08 Å². The highest BCUT2D eigenvalue weighted by atomic mass is 16.5. The standard InChI is InChI=1S/C15H19NO2/c1-5-6-7-12(2)8-9-13-10-14(17-3)15(18-4)16-11-13/h5-11H,1-4H3. The molecule has 0 radical (unpaired) electrons. The molecule has 18 heavy (non-hydrogen) atoms. The van der Waals surface area contributed by atoms with Crippen LogP contribution in [0.2, 0.25) is 0 Å². The van der Waals surface area contributed by atoms with Gasteiger partial charge >= 0.3 is 0 Å². The van der Waals surface area contributed by atoms with Crippen molar-refractivity contribution in [1.29, 1.82) is 0 Å². The molecule has 0 aliphatic heterocycles. The van der Waals surface area contributed by atoms with Gasteiger partial charge in [0.1, 0.15) is 0 Å². The summed E-state index contributed by atoms with van der Waals surface area (Å²) in [5.41, 5.74) is 2.14. The molecule has 0 bridgehead atoms. The first-order valence-electron chi connectivity index (χ1n) is 5.77. The molecule has 0 unspecified atom stereocenters. The van der Waals surface area contributed by atoms with Crippen molar-refractivity contribution in [2.45, 2.75) is 13.8 Å². The molecule has 0 aliphatic carbocycles. The van der Waals surface area contributed by atoms with E-state index >= 15 is 0 Å². The van der Waals surface area contributed by atoms with Gasteiger partial charge in [-0.2, -0.15) is 0 Å². The molecule has 0 atom stereocenters. The van der Waals surface area contributed by atoms with Crippen LogP contribution >= 0.6 is 0 Å². The average molecular weight is 245 g/mol. The van der Waals surface area contributed by atoms with Gasteiger partial charge in [0, 0.05) is 6.20 Å². The number of allylic oxidation sites excluding steroid dienone is 5. The molecule has 3 heteroatoms. The maximum Gasteiger partial charge on any atom is 0.256 e. The maximum atomic E-state index is 5.20. The fourth-order valence-electron chi connectivity index (χ4n) is 1.37. The van der Waals surface area contributed by atoms with Gasteiger partial charge in [0.2, 0.25) is 0 Å². The van der Waals surface area contributed by atoms with Crippen LogP contribution in [0.15, 0.2) is 42.1 Å². The minimum Gasteiger partial charge on any atom is -0.491 e. The van der Waals surface area contributed by atoms with E-state index in [2.05, 4.69) is 4.98 Å². The normalized spacial score (nSPS) is 12.3. The van der Waals surface area contributed by atoms with Gasteiger partial charge in [0.15, 0.2) is 5.75 Å². The maximum absolute atomic E-state index is 5.20. The van der Waals surface area contributed by atoms with Crippen molar-refractivity contribution in [1.82, 2.24) is 4.98 Å². The van der Waals surface area contributed by atoms with E-state index in [4.69, 9.17) is 9.47 Å². The monoisotopic (exact) mass is 245 g/mol. The summed E-state index contributed by atoms with van der Waals surface area (Å²) in [6.45, 7) is 4.04. The van der Waals surface area contributed by atoms with E-state index in [0.717, 1.165) is 5.56 Å². The summed E-state index contributed by atoms with van der Waals surface area (Å²) in [6.07, 6.45) is 11.8. The van der Waals surface area contributed by atoms with Crippen molar-refractivity contribution in [3.05, 3.63) is 47.7 Å². The molecular weight excluding hydrogens is 226 g/mol. The minimum absolute atomic E-state index is 0.496. The quantitative estimate of drug-likeness (QED) is 0.742. The zero-order valence-corrected chi connectivity index (χ0v) is 11.3. The second-order valence-corrected chi connectivity index (χ2v) is 3.75. The third-order valence-corrected chi connectivity index (χ3v) is 2.34. The van der Waals surface area contributed by atoms with Crippen molar-refractivity contribution < 1.29 is 9.47 Å². The lowest BCUT2D eigenvalue weighted by Crippen LogP contribution is -1.93. The molecule has 1 rings (SSSR count). The summed E-state index contributed by atoms with van der Waals surface area (Å²) in [7, 11) is 3.18. The summed E-state index contributed by atoms with van der Waals surface area (Å²) in [6, 6.07) is 1.89. The minimum atomic E-state index is 0.496. The van der Waals surface area contributed by atoms with E-state index in [0.29, 0.717) is 11.6 Å². The second kappa shape index (κ2) is 7.33. The first-order chi connectivity index (χ1) is 8.71. The van der Waals surface area contributed by atoms with E-state index in [-0.39, 0.29) is 0 Å². The number of methoxy groups -OCH3 is 2. The van der Waals surface area contributed by atoms with Gasteiger partial charge in [-0.3, -0.25) is 0 Å². The molecule has 3 nitrogen and oxygen atoms in total. The molecule has 0 N–H and O–H groups in total. The van der Waals surface area contributed by atoms with Crippen molar-refractivity contribution in [2.24, 2.45) is 0 Å². The zero-order valence-electron chi connectivity index (χ0n) is 11.3. The molecule has 0 amide bonds. The lowest BCUT2D eigenvalue weighted by atomic mass is 10.2. The molecule has 1 aromatic rings. The molecule has 1 aromatic heterocycles. The Labute approximate surface area is 108 Å². The highest BCUT2D eigenvalue weighted by molar-refractivity contribution is 5.55. The predicted octanol–water partition coefficient (Wildman–Crippen LogP) is 3.63. The Morgan fingerprint density at radius 3 is 2.67 bits per heavy atom.